The summed E-state index contributed by atoms with van der Waals surface area (Å²) < 4.78 is 37.5. The largest absolute Gasteiger partial charge is 0.405 e. The number of anilines is 1. The number of carbonyl (C=O) groups excluding carboxylic acids is 1. The van der Waals surface area contributed by atoms with Crippen LogP contribution in [0.4, 0.5) is 18.9 Å². The van der Waals surface area contributed by atoms with Crippen LogP contribution in [0.25, 0.3) is 0 Å². The normalized spacial score (nSPS) is 12.9. The van der Waals surface area contributed by atoms with Gasteiger partial charge in [-0.2, -0.15) is 13.2 Å². The average Bonchev–Trinajstić information content (AvgIpc) is 2.28. The predicted octanol–water partition coefficient (Wildman–Crippen LogP) is 3.69. The van der Waals surface area contributed by atoms with E-state index in [4.69, 9.17) is 0 Å². The van der Waals surface area contributed by atoms with Crippen molar-refractivity contribution in [1.29, 1.82) is 0 Å². The number of benzene rings is 1. The first kappa shape index (κ1) is 16.3. The number of rotatable bonds is 4. The molecule has 0 saturated heterocycles. The predicted molar refractivity (Wildman–Crippen MR) is 74.0 cm³/mol. The monoisotopic (exact) mass is 402 g/mol. The molecule has 0 saturated carbocycles. The number of amides is 1. The van der Waals surface area contributed by atoms with Gasteiger partial charge in [0.25, 0.3) is 0 Å². The molecule has 19 heavy (non-hydrogen) atoms. The zero-order valence-corrected chi connectivity index (χ0v) is 13.0. The van der Waals surface area contributed by atoms with Crippen molar-refractivity contribution in [3.05, 3.63) is 27.1 Å². The second-order valence-electron chi connectivity index (χ2n) is 3.82. The fourth-order valence-electron chi connectivity index (χ4n) is 1.25. The minimum Gasteiger partial charge on any atom is -0.373 e. The highest BCUT2D eigenvalue weighted by Gasteiger charge is 2.28. The molecule has 0 aliphatic carbocycles. The van der Waals surface area contributed by atoms with Gasteiger partial charge in [0.2, 0.25) is 5.91 Å². The van der Waals surface area contributed by atoms with Crippen LogP contribution in [0.5, 0.6) is 0 Å². The number of carbonyl (C=O) groups is 1. The molecule has 1 aromatic rings. The summed E-state index contributed by atoms with van der Waals surface area (Å²) >= 11 is 6.57. The van der Waals surface area contributed by atoms with Gasteiger partial charge < -0.3 is 10.6 Å². The lowest BCUT2D eigenvalue weighted by Crippen LogP contribution is -2.42. The molecular weight excluding hydrogens is 393 g/mol. The van der Waals surface area contributed by atoms with Gasteiger partial charge >= 0.3 is 6.18 Å². The van der Waals surface area contributed by atoms with Crippen molar-refractivity contribution >= 4 is 43.5 Å². The molecule has 1 aromatic carbocycles. The van der Waals surface area contributed by atoms with Crippen LogP contribution in [0, 0.1) is 0 Å². The summed E-state index contributed by atoms with van der Waals surface area (Å²) in [7, 11) is 0. The van der Waals surface area contributed by atoms with Gasteiger partial charge in [-0.25, -0.2) is 0 Å². The molecule has 1 unspecified atom stereocenters. The Kier molecular flexibility index (Phi) is 5.66. The number of hydrogen-bond acceptors (Lipinski definition) is 2. The van der Waals surface area contributed by atoms with Crippen LogP contribution < -0.4 is 10.6 Å². The average molecular weight is 404 g/mol. The van der Waals surface area contributed by atoms with Crippen LogP contribution in [-0.4, -0.2) is 24.7 Å². The maximum absolute atomic E-state index is 12.0. The van der Waals surface area contributed by atoms with E-state index in [-0.39, 0.29) is 0 Å². The summed E-state index contributed by atoms with van der Waals surface area (Å²) in [6.45, 7) is 0.152. The maximum Gasteiger partial charge on any atom is 0.405 e. The van der Waals surface area contributed by atoms with E-state index in [9.17, 15) is 18.0 Å². The van der Waals surface area contributed by atoms with Crippen LogP contribution in [0.1, 0.15) is 6.92 Å². The Morgan fingerprint density at radius 2 is 2.00 bits per heavy atom. The smallest absolute Gasteiger partial charge is 0.373 e. The van der Waals surface area contributed by atoms with Gasteiger partial charge in [0.1, 0.15) is 12.6 Å². The van der Waals surface area contributed by atoms with E-state index < -0.39 is 24.7 Å². The molecule has 8 heteroatoms. The maximum atomic E-state index is 12.0. The molecule has 1 atom stereocenters. The van der Waals surface area contributed by atoms with Crippen LogP contribution in [0.15, 0.2) is 27.1 Å². The van der Waals surface area contributed by atoms with Crippen molar-refractivity contribution in [3.63, 3.8) is 0 Å². The van der Waals surface area contributed by atoms with E-state index in [1.807, 2.05) is 5.32 Å². The Hall–Kier alpha value is -0.760. The van der Waals surface area contributed by atoms with E-state index in [1.165, 1.54) is 6.92 Å². The Bertz CT molecular complexity index is 466. The molecule has 0 radical (unpaired) electrons. The van der Waals surface area contributed by atoms with Crippen molar-refractivity contribution in [1.82, 2.24) is 5.32 Å². The first-order chi connectivity index (χ1) is 8.69. The van der Waals surface area contributed by atoms with Gasteiger partial charge in [-0.05, 0) is 41.1 Å². The molecule has 0 heterocycles. The first-order valence-electron chi connectivity index (χ1n) is 5.25. The fraction of sp³-hybridized carbons (Fsp3) is 0.364. The van der Waals surface area contributed by atoms with Gasteiger partial charge in [0.15, 0.2) is 0 Å². The number of hydrogen-bond donors (Lipinski definition) is 2. The van der Waals surface area contributed by atoms with Crippen molar-refractivity contribution < 1.29 is 18.0 Å². The Morgan fingerprint density at radius 3 is 2.53 bits per heavy atom. The number of halogens is 5. The summed E-state index contributed by atoms with van der Waals surface area (Å²) in [6.07, 6.45) is -4.41. The lowest BCUT2D eigenvalue weighted by molar-refractivity contribution is -0.138. The lowest BCUT2D eigenvalue weighted by atomic mass is 10.2. The second-order valence-corrected chi connectivity index (χ2v) is 5.59. The molecule has 0 bridgehead atoms. The highest BCUT2D eigenvalue weighted by molar-refractivity contribution is 9.11. The molecule has 1 amide bonds. The molecule has 0 aromatic heterocycles. The SMILES string of the molecule is CC(Nc1ccc(Br)cc1Br)C(=O)NCC(F)(F)F. The van der Waals surface area contributed by atoms with Crippen LogP contribution in [-0.2, 0) is 4.79 Å². The molecule has 0 fully saturated rings. The van der Waals surface area contributed by atoms with Crippen molar-refractivity contribution in [2.75, 3.05) is 11.9 Å². The molecule has 2 N–H and O–H groups in total. The summed E-state index contributed by atoms with van der Waals surface area (Å²) in [5.74, 6) is -0.716. The van der Waals surface area contributed by atoms with E-state index in [0.29, 0.717) is 10.2 Å². The van der Waals surface area contributed by atoms with E-state index >= 15 is 0 Å². The third-order valence-corrected chi connectivity index (χ3v) is 3.31. The minimum absolute atomic E-state index is 0.623. The fourth-order valence-corrected chi connectivity index (χ4v) is 2.41. The van der Waals surface area contributed by atoms with Gasteiger partial charge in [-0.3, -0.25) is 4.79 Å². The zero-order chi connectivity index (χ0) is 14.6. The molecule has 0 aliphatic heterocycles. The Labute approximate surface area is 125 Å². The zero-order valence-electron chi connectivity index (χ0n) is 9.81. The number of alkyl halides is 3. The Balaban J connectivity index is 2.59. The van der Waals surface area contributed by atoms with Crippen molar-refractivity contribution in [2.45, 2.75) is 19.1 Å². The lowest BCUT2D eigenvalue weighted by Gasteiger charge is -2.17. The van der Waals surface area contributed by atoms with Gasteiger partial charge in [-0.15, -0.1) is 0 Å². The van der Waals surface area contributed by atoms with Crippen molar-refractivity contribution in [2.24, 2.45) is 0 Å². The summed E-state index contributed by atoms with van der Waals surface area (Å²) in [4.78, 5) is 11.5. The van der Waals surface area contributed by atoms with E-state index in [1.54, 1.807) is 18.2 Å². The van der Waals surface area contributed by atoms with Gasteiger partial charge in [0.05, 0.1) is 0 Å². The highest BCUT2D eigenvalue weighted by Crippen LogP contribution is 2.26. The summed E-state index contributed by atoms with van der Waals surface area (Å²) in [5.41, 5.74) is 0.623. The molecule has 0 aliphatic rings. The standard InChI is InChI=1S/C11H11Br2F3N2O/c1-6(10(19)17-5-11(14,15)16)18-9-3-2-7(12)4-8(9)13/h2-4,6,18H,5H2,1H3,(H,17,19). The van der Waals surface area contributed by atoms with Gasteiger partial charge in [-0.1, -0.05) is 15.9 Å². The highest BCUT2D eigenvalue weighted by atomic mass is 79.9. The second kappa shape index (κ2) is 6.60. The molecule has 0 spiro atoms. The Morgan fingerprint density at radius 1 is 1.37 bits per heavy atom. The first-order valence-corrected chi connectivity index (χ1v) is 6.83. The third-order valence-electron chi connectivity index (χ3n) is 2.16. The van der Waals surface area contributed by atoms with Crippen molar-refractivity contribution in [3.8, 4) is 0 Å². The van der Waals surface area contributed by atoms with Crippen LogP contribution in [0.3, 0.4) is 0 Å². The summed E-state index contributed by atoms with van der Waals surface area (Å²) in [6, 6.07) is 4.46. The molecule has 106 valence electrons. The van der Waals surface area contributed by atoms with Crippen LogP contribution >= 0.6 is 31.9 Å². The minimum atomic E-state index is -4.41. The number of nitrogens with one attached hydrogen (secondary N) is 2. The van der Waals surface area contributed by atoms with E-state index in [0.717, 1.165) is 4.47 Å². The molecule has 3 nitrogen and oxygen atoms in total. The van der Waals surface area contributed by atoms with E-state index in [2.05, 4.69) is 37.2 Å². The molecule has 1 rings (SSSR count). The van der Waals surface area contributed by atoms with Gasteiger partial charge in [0, 0.05) is 14.6 Å². The summed E-state index contributed by atoms with van der Waals surface area (Å²) in [5, 5.41) is 4.65. The quantitative estimate of drug-likeness (QED) is 0.804. The third kappa shape index (κ3) is 5.82. The van der Waals surface area contributed by atoms with Crippen LogP contribution in [0.2, 0.25) is 0 Å². The molecular formula is C11H11Br2F3N2O. The topological polar surface area (TPSA) is 41.1 Å².